The smallest absolute Gasteiger partial charge is 0.202 e. The Balaban J connectivity index is 1.46. The van der Waals surface area contributed by atoms with Gasteiger partial charge in [0.25, 0.3) is 0 Å². The Morgan fingerprint density at radius 2 is 1.44 bits per heavy atom. The van der Waals surface area contributed by atoms with Crippen LogP contribution in [0.5, 0.6) is 0 Å². The molecule has 0 aliphatic heterocycles. The maximum atomic E-state index is 10.4. The minimum absolute atomic E-state index is 0.481. The first kappa shape index (κ1) is 21.6. The molecule has 0 saturated carbocycles. The van der Waals surface area contributed by atoms with E-state index in [1.165, 1.54) is 6.08 Å². The number of benzene rings is 3. The monoisotopic (exact) mass is 428 g/mol. The normalized spacial score (nSPS) is 17.1. The fraction of sp³-hybridized carbons (Fsp3) is 0.154. The van der Waals surface area contributed by atoms with E-state index in [9.17, 15) is 10.2 Å². The van der Waals surface area contributed by atoms with Gasteiger partial charge in [-0.25, -0.2) is 0 Å². The van der Waals surface area contributed by atoms with Crippen LogP contribution in [0.1, 0.15) is 16.7 Å². The third kappa shape index (κ3) is 5.36. The van der Waals surface area contributed by atoms with Crippen molar-refractivity contribution in [3.8, 4) is 0 Å². The lowest BCUT2D eigenvalue weighted by Gasteiger charge is -2.31. The predicted molar refractivity (Wildman–Crippen MR) is 130 cm³/mol. The molecule has 1 aliphatic rings. The van der Waals surface area contributed by atoms with E-state index in [0.717, 1.165) is 33.6 Å². The highest BCUT2D eigenvalue weighted by Gasteiger charge is 2.32. The summed E-state index contributed by atoms with van der Waals surface area (Å²) in [4.78, 5) is 0. The topological polar surface area (TPSA) is 117 Å². The average molecular weight is 429 g/mol. The van der Waals surface area contributed by atoms with E-state index in [-0.39, 0.29) is 0 Å². The second-order valence-electron chi connectivity index (χ2n) is 8.01. The molecule has 4 rings (SSSR count). The standard InChI is InChI=1S/C26H28N4O2/c27-22-8-4-18(5-9-22)16-29-24-3-1-2-20(14-24)21-12-13-26(31,32)25(15-21)30-17-19-6-10-23(28)11-7-19/h1-15,25,29-32H,16-17,27-28H2. The summed E-state index contributed by atoms with van der Waals surface area (Å²) in [6, 6.07) is 22.6. The Hall–Kier alpha value is -3.58. The minimum Gasteiger partial charge on any atom is -0.399 e. The Morgan fingerprint density at radius 1 is 0.812 bits per heavy atom. The van der Waals surface area contributed by atoms with Gasteiger partial charge in [-0.15, -0.1) is 0 Å². The molecule has 3 aromatic carbocycles. The number of hydrogen-bond acceptors (Lipinski definition) is 6. The van der Waals surface area contributed by atoms with Gasteiger partial charge in [-0.2, -0.15) is 0 Å². The summed E-state index contributed by atoms with van der Waals surface area (Å²) in [5.74, 6) is -1.97. The van der Waals surface area contributed by atoms with Crippen LogP contribution < -0.4 is 22.1 Å². The third-order valence-corrected chi connectivity index (χ3v) is 5.49. The van der Waals surface area contributed by atoms with Crippen LogP contribution in [-0.2, 0) is 13.1 Å². The van der Waals surface area contributed by atoms with Crippen molar-refractivity contribution in [2.75, 3.05) is 16.8 Å². The van der Waals surface area contributed by atoms with Crippen LogP contribution in [0.25, 0.3) is 5.57 Å². The van der Waals surface area contributed by atoms with Crippen LogP contribution in [0.15, 0.2) is 91.0 Å². The first-order chi connectivity index (χ1) is 15.4. The Labute approximate surface area is 187 Å². The quantitative estimate of drug-likeness (QED) is 0.254. The first-order valence-corrected chi connectivity index (χ1v) is 10.5. The van der Waals surface area contributed by atoms with Crippen molar-refractivity contribution in [2.45, 2.75) is 24.9 Å². The molecular weight excluding hydrogens is 400 g/mol. The van der Waals surface area contributed by atoms with Gasteiger partial charge in [-0.1, -0.05) is 48.6 Å². The molecule has 0 saturated heterocycles. The highest BCUT2D eigenvalue weighted by molar-refractivity contribution is 5.78. The number of rotatable bonds is 7. The van der Waals surface area contributed by atoms with E-state index in [0.29, 0.717) is 18.8 Å². The van der Waals surface area contributed by atoms with Gasteiger partial charge in [-0.3, -0.25) is 0 Å². The molecule has 0 radical (unpaired) electrons. The molecule has 0 heterocycles. The van der Waals surface area contributed by atoms with E-state index >= 15 is 0 Å². The summed E-state index contributed by atoms with van der Waals surface area (Å²) in [5, 5.41) is 27.5. The van der Waals surface area contributed by atoms with Crippen molar-refractivity contribution >= 4 is 22.6 Å². The molecule has 0 amide bonds. The summed E-state index contributed by atoms with van der Waals surface area (Å²) in [7, 11) is 0. The molecule has 6 nitrogen and oxygen atoms in total. The number of aliphatic hydroxyl groups is 2. The maximum absolute atomic E-state index is 10.4. The van der Waals surface area contributed by atoms with E-state index < -0.39 is 11.8 Å². The van der Waals surface area contributed by atoms with Gasteiger partial charge < -0.3 is 32.3 Å². The minimum atomic E-state index is -1.97. The van der Waals surface area contributed by atoms with Gasteiger partial charge in [0, 0.05) is 30.2 Å². The van der Waals surface area contributed by atoms with Crippen molar-refractivity contribution in [3.63, 3.8) is 0 Å². The zero-order valence-corrected chi connectivity index (χ0v) is 17.7. The van der Waals surface area contributed by atoms with Crippen molar-refractivity contribution < 1.29 is 10.2 Å². The fourth-order valence-electron chi connectivity index (χ4n) is 3.59. The molecule has 1 unspecified atom stereocenters. The number of nitrogen functional groups attached to an aromatic ring is 2. The lowest BCUT2D eigenvalue weighted by Crippen LogP contribution is -2.49. The number of allylic oxidation sites excluding steroid dienone is 2. The molecule has 8 N–H and O–H groups in total. The van der Waals surface area contributed by atoms with Gasteiger partial charge >= 0.3 is 0 Å². The second-order valence-corrected chi connectivity index (χ2v) is 8.01. The van der Waals surface area contributed by atoms with Crippen LogP contribution >= 0.6 is 0 Å². The van der Waals surface area contributed by atoms with Crippen molar-refractivity contribution in [2.24, 2.45) is 0 Å². The lowest BCUT2D eigenvalue weighted by molar-refractivity contribution is -0.133. The van der Waals surface area contributed by atoms with Crippen LogP contribution in [0.3, 0.4) is 0 Å². The molecule has 164 valence electrons. The average Bonchev–Trinajstić information content (AvgIpc) is 2.79. The van der Waals surface area contributed by atoms with Crippen LogP contribution in [0.4, 0.5) is 17.1 Å². The summed E-state index contributed by atoms with van der Waals surface area (Å²) >= 11 is 0. The van der Waals surface area contributed by atoms with Crippen molar-refractivity contribution in [1.29, 1.82) is 0 Å². The number of hydrogen-bond donors (Lipinski definition) is 6. The first-order valence-electron chi connectivity index (χ1n) is 10.5. The van der Waals surface area contributed by atoms with E-state index in [2.05, 4.69) is 10.6 Å². The molecule has 0 aromatic heterocycles. The van der Waals surface area contributed by atoms with Gasteiger partial charge in [0.2, 0.25) is 5.79 Å². The largest absolute Gasteiger partial charge is 0.399 e. The predicted octanol–water partition coefficient (Wildman–Crippen LogP) is 3.26. The maximum Gasteiger partial charge on any atom is 0.202 e. The molecule has 0 bridgehead atoms. The van der Waals surface area contributed by atoms with Gasteiger partial charge in [0.1, 0.15) is 0 Å². The van der Waals surface area contributed by atoms with Gasteiger partial charge in [0.05, 0.1) is 6.04 Å². The van der Waals surface area contributed by atoms with E-state index in [1.54, 1.807) is 6.08 Å². The number of nitrogens with one attached hydrogen (secondary N) is 2. The molecule has 1 aliphatic carbocycles. The van der Waals surface area contributed by atoms with E-state index in [1.807, 2.05) is 78.9 Å². The number of nitrogens with two attached hydrogens (primary N) is 2. The zero-order chi connectivity index (χ0) is 22.6. The van der Waals surface area contributed by atoms with Gasteiger partial charge in [-0.05, 0) is 64.7 Å². The third-order valence-electron chi connectivity index (χ3n) is 5.49. The number of anilines is 3. The molecule has 0 fully saturated rings. The summed E-state index contributed by atoms with van der Waals surface area (Å²) in [6.07, 6.45) is 4.99. The molecule has 3 aromatic rings. The molecular formula is C26H28N4O2. The second kappa shape index (κ2) is 9.28. The van der Waals surface area contributed by atoms with Crippen LogP contribution in [-0.4, -0.2) is 22.0 Å². The Morgan fingerprint density at radius 3 is 2.09 bits per heavy atom. The summed E-state index contributed by atoms with van der Waals surface area (Å²) in [6.45, 7) is 1.16. The summed E-state index contributed by atoms with van der Waals surface area (Å²) in [5.41, 5.74) is 17.9. The van der Waals surface area contributed by atoms with E-state index in [4.69, 9.17) is 11.5 Å². The highest BCUT2D eigenvalue weighted by Crippen LogP contribution is 2.28. The van der Waals surface area contributed by atoms with Gasteiger partial charge in [0.15, 0.2) is 0 Å². The van der Waals surface area contributed by atoms with Crippen molar-refractivity contribution in [1.82, 2.24) is 5.32 Å². The molecule has 32 heavy (non-hydrogen) atoms. The summed E-state index contributed by atoms with van der Waals surface area (Å²) < 4.78 is 0. The highest BCUT2D eigenvalue weighted by atomic mass is 16.5. The molecule has 0 spiro atoms. The SMILES string of the molecule is Nc1ccc(CNc2cccc(C3=CC(NCc4ccc(N)cc4)C(O)(O)C=C3)c2)cc1. The van der Waals surface area contributed by atoms with Crippen molar-refractivity contribution in [3.05, 3.63) is 108 Å². The fourth-order valence-corrected chi connectivity index (χ4v) is 3.59. The molecule has 1 atom stereocenters. The Kier molecular flexibility index (Phi) is 6.28. The Bertz CT molecular complexity index is 1120. The van der Waals surface area contributed by atoms with Crippen LogP contribution in [0, 0.1) is 0 Å². The lowest BCUT2D eigenvalue weighted by atomic mass is 9.92. The molecule has 6 heteroatoms. The van der Waals surface area contributed by atoms with Crippen LogP contribution in [0.2, 0.25) is 0 Å². The zero-order valence-electron chi connectivity index (χ0n) is 17.7.